The highest BCUT2D eigenvalue weighted by molar-refractivity contribution is 5.05. The summed E-state index contributed by atoms with van der Waals surface area (Å²) in [6.07, 6.45) is 11.4. The van der Waals surface area contributed by atoms with Crippen LogP contribution in [0.2, 0.25) is 0 Å². The molecule has 0 radical (unpaired) electrons. The molecule has 0 bridgehead atoms. The van der Waals surface area contributed by atoms with Crippen molar-refractivity contribution >= 4 is 0 Å². The van der Waals surface area contributed by atoms with Crippen molar-refractivity contribution < 1.29 is 5.11 Å². The highest BCUT2D eigenvalue weighted by Crippen LogP contribution is 2.09. The summed E-state index contributed by atoms with van der Waals surface area (Å²) in [5.74, 6) is 0. The second-order valence-electron chi connectivity index (χ2n) is 4.47. The Morgan fingerprint density at radius 1 is 1.06 bits per heavy atom. The summed E-state index contributed by atoms with van der Waals surface area (Å²) >= 11 is 0. The van der Waals surface area contributed by atoms with Crippen molar-refractivity contribution in [3.8, 4) is 0 Å². The van der Waals surface area contributed by atoms with Gasteiger partial charge in [0.15, 0.2) is 0 Å². The van der Waals surface area contributed by atoms with Crippen molar-refractivity contribution in [3.63, 3.8) is 0 Å². The van der Waals surface area contributed by atoms with Crippen LogP contribution in [0.5, 0.6) is 0 Å². The number of unbranched alkanes of at least 4 members (excludes halogenated alkanes) is 6. The number of aryl methyl sites for hydroxylation is 1. The SMILES string of the molecule is CCCCCCCCCn1cccc1CO. The normalized spacial score (nSPS) is 10.9. The zero-order valence-electron chi connectivity index (χ0n) is 10.5. The van der Waals surface area contributed by atoms with E-state index >= 15 is 0 Å². The van der Waals surface area contributed by atoms with E-state index in [0.717, 1.165) is 12.2 Å². The molecule has 0 aromatic carbocycles. The molecule has 0 aliphatic carbocycles. The summed E-state index contributed by atoms with van der Waals surface area (Å²) in [5, 5.41) is 9.09. The minimum atomic E-state index is 0.156. The molecule has 0 fully saturated rings. The molecule has 1 heterocycles. The van der Waals surface area contributed by atoms with E-state index in [4.69, 9.17) is 5.11 Å². The first-order valence-corrected chi connectivity index (χ1v) is 6.63. The lowest BCUT2D eigenvalue weighted by Gasteiger charge is -2.07. The van der Waals surface area contributed by atoms with Gasteiger partial charge >= 0.3 is 0 Å². The average Bonchev–Trinajstić information content (AvgIpc) is 2.75. The lowest BCUT2D eigenvalue weighted by molar-refractivity contribution is 0.270. The molecule has 2 nitrogen and oxygen atoms in total. The van der Waals surface area contributed by atoms with Gasteiger partial charge in [0.1, 0.15) is 0 Å². The van der Waals surface area contributed by atoms with Crippen LogP contribution in [0.4, 0.5) is 0 Å². The maximum Gasteiger partial charge on any atom is 0.0832 e. The second-order valence-corrected chi connectivity index (χ2v) is 4.47. The van der Waals surface area contributed by atoms with Crippen molar-refractivity contribution in [2.75, 3.05) is 0 Å². The number of rotatable bonds is 9. The van der Waals surface area contributed by atoms with E-state index < -0.39 is 0 Å². The van der Waals surface area contributed by atoms with E-state index in [2.05, 4.69) is 17.7 Å². The number of aromatic nitrogens is 1. The van der Waals surface area contributed by atoms with Gasteiger partial charge in [-0.15, -0.1) is 0 Å². The Morgan fingerprint density at radius 2 is 1.75 bits per heavy atom. The van der Waals surface area contributed by atoms with Crippen LogP contribution in [0.25, 0.3) is 0 Å². The smallest absolute Gasteiger partial charge is 0.0832 e. The molecule has 0 saturated heterocycles. The third kappa shape index (κ3) is 4.84. The highest BCUT2D eigenvalue weighted by atomic mass is 16.3. The summed E-state index contributed by atoms with van der Waals surface area (Å²) in [5.41, 5.74) is 1.03. The average molecular weight is 223 g/mol. The minimum Gasteiger partial charge on any atom is -0.390 e. The van der Waals surface area contributed by atoms with Crippen LogP contribution >= 0.6 is 0 Å². The molecule has 1 N–H and O–H groups in total. The molecule has 0 aliphatic rings. The molecule has 0 aliphatic heterocycles. The number of aliphatic hydroxyl groups is 1. The van der Waals surface area contributed by atoms with Gasteiger partial charge in [0, 0.05) is 18.4 Å². The first-order valence-electron chi connectivity index (χ1n) is 6.63. The van der Waals surface area contributed by atoms with Gasteiger partial charge in [0.2, 0.25) is 0 Å². The predicted octanol–water partition coefficient (Wildman–Crippen LogP) is 3.73. The van der Waals surface area contributed by atoms with E-state index in [1.165, 1.54) is 44.9 Å². The Hall–Kier alpha value is -0.760. The zero-order chi connectivity index (χ0) is 11.6. The van der Waals surface area contributed by atoms with Crippen LogP contribution in [-0.4, -0.2) is 9.67 Å². The Labute approximate surface area is 99.3 Å². The summed E-state index contributed by atoms with van der Waals surface area (Å²) in [6.45, 7) is 3.46. The van der Waals surface area contributed by atoms with E-state index in [-0.39, 0.29) is 6.61 Å². The van der Waals surface area contributed by atoms with E-state index in [9.17, 15) is 0 Å². The maximum atomic E-state index is 9.09. The Balaban J connectivity index is 2.03. The molecule has 1 aromatic heterocycles. The van der Waals surface area contributed by atoms with Crippen LogP contribution < -0.4 is 0 Å². The van der Waals surface area contributed by atoms with Crippen LogP contribution in [0.15, 0.2) is 18.3 Å². The van der Waals surface area contributed by atoms with Gasteiger partial charge in [0.05, 0.1) is 6.61 Å². The molecule has 0 spiro atoms. The van der Waals surface area contributed by atoms with Crippen molar-refractivity contribution in [2.24, 2.45) is 0 Å². The first kappa shape index (κ1) is 13.3. The molecule has 1 aromatic rings. The summed E-state index contributed by atoms with van der Waals surface area (Å²) in [4.78, 5) is 0. The lowest BCUT2D eigenvalue weighted by atomic mass is 10.1. The van der Waals surface area contributed by atoms with E-state index in [0.29, 0.717) is 0 Å². The topological polar surface area (TPSA) is 25.2 Å². The molecule has 0 atom stereocenters. The Kier molecular flexibility index (Phi) is 6.98. The zero-order valence-corrected chi connectivity index (χ0v) is 10.5. The van der Waals surface area contributed by atoms with Gasteiger partial charge < -0.3 is 9.67 Å². The fraction of sp³-hybridized carbons (Fsp3) is 0.714. The van der Waals surface area contributed by atoms with Gasteiger partial charge in [-0.2, -0.15) is 0 Å². The predicted molar refractivity (Wildman–Crippen MR) is 68.3 cm³/mol. The van der Waals surface area contributed by atoms with Crippen molar-refractivity contribution in [1.29, 1.82) is 0 Å². The molecular formula is C14H25NO. The van der Waals surface area contributed by atoms with E-state index in [1.54, 1.807) is 0 Å². The molecule has 16 heavy (non-hydrogen) atoms. The molecule has 92 valence electrons. The Morgan fingerprint density at radius 3 is 2.44 bits per heavy atom. The molecule has 1 rings (SSSR count). The van der Waals surface area contributed by atoms with Crippen LogP contribution in [0.3, 0.4) is 0 Å². The monoisotopic (exact) mass is 223 g/mol. The number of nitrogens with zero attached hydrogens (tertiary/aromatic N) is 1. The van der Waals surface area contributed by atoms with Crippen LogP contribution in [0.1, 0.15) is 57.6 Å². The molecule has 2 heteroatoms. The number of aliphatic hydroxyl groups excluding tert-OH is 1. The van der Waals surface area contributed by atoms with Crippen molar-refractivity contribution in [1.82, 2.24) is 4.57 Å². The van der Waals surface area contributed by atoms with Gasteiger partial charge in [-0.05, 0) is 18.6 Å². The highest BCUT2D eigenvalue weighted by Gasteiger charge is 1.98. The van der Waals surface area contributed by atoms with Crippen molar-refractivity contribution in [2.45, 2.75) is 65.0 Å². The summed E-state index contributed by atoms with van der Waals surface area (Å²) in [7, 11) is 0. The standard InChI is InChI=1S/C14H25NO/c1-2-3-4-5-6-7-8-11-15-12-9-10-14(15)13-16/h9-10,12,16H,2-8,11,13H2,1H3. The fourth-order valence-electron chi connectivity index (χ4n) is 2.05. The molecular weight excluding hydrogens is 198 g/mol. The van der Waals surface area contributed by atoms with Gasteiger partial charge in [-0.1, -0.05) is 45.4 Å². The van der Waals surface area contributed by atoms with Gasteiger partial charge in [-0.3, -0.25) is 0 Å². The van der Waals surface area contributed by atoms with Crippen LogP contribution in [0, 0.1) is 0 Å². The quantitative estimate of drug-likeness (QED) is 0.634. The maximum absolute atomic E-state index is 9.09. The molecule has 0 amide bonds. The summed E-state index contributed by atoms with van der Waals surface area (Å²) < 4.78 is 2.16. The third-order valence-corrected chi connectivity index (χ3v) is 3.09. The number of hydrogen-bond acceptors (Lipinski definition) is 1. The van der Waals surface area contributed by atoms with E-state index in [1.807, 2.05) is 12.1 Å². The van der Waals surface area contributed by atoms with Crippen molar-refractivity contribution in [3.05, 3.63) is 24.0 Å². The number of hydrogen-bond donors (Lipinski definition) is 1. The van der Waals surface area contributed by atoms with Gasteiger partial charge in [0.25, 0.3) is 0 Å². The van der Waals surface area contributed by atoms with Gasteiger partial charge in [-0.25, -0.2) is 0 Å². The first-order chi connectivity index (χ1) is 7.88. The lowest BCUT2D eigenvalue weighted by Crippen LogP contribution is -2.01. The Bertz CT molecular complexity index is 267. The largest absolute Gasteiger partial charge is 0.390 e. The minimum absolute atomic E-state index is 0.156. The third-order valence-electron chi connectivity index (χ3n) is 3.09. The second kappa shape index (κ2) is 8.40. The molecule has 0 unspecified atom stereocenters. The molecule has 0 saturated carbocycles. The fourth-order valence-corrected chi connectivity index (χ4v) is 2.05. The van der Waals surface area contributed by atoms with Crippen LogP contribution in [-0.2, 0) is 13.2 Å². The summed E-state index contributed by atoms with van der Waals surface area (Å²) in [6, 6.07) is 3.99.